The predicted molar refractivity (Wildman–Crippen MR) is 132 cm³/mol. The van der Waals surface area contributed by atoms with E-state index in [0.29, 0.717) is 12.6 Å². The molecule has 1 saturated heterocycles. The summed E-state index contributed by atoms with van der Waals surface area (Å²) in [5, 5.41) is 9.25. The lowest BCUT2D eigenvalue weighted by Gasteiger charge is -2.38. The van der Waals surface area contributed by atoms with E-state index >= 15 is 0 Å². The maximum Gasteiger partial charge on any atom is 0.319 e. The van der Waals surface area contributed by atoms with Crippen molar-refractivity contribution in [2.45, 2.75) is 58.5 Å². The molecule has 4 rings (SSSR count). The summed E-state index contributed by atoms with van der Waals surface area (Å²) >= 11 is 0. The first-order valence-electron chi connectivity index (χ1n) is 12.3. The van der Waals surface area contributed by atoms with Crippen molar-refractivity contribution in [3.63, 3.8) is 0 Å². The molecular weight excluding hydrogens is 416 g/mol. The molecule has 2 aliphatic heterocycles. The van der Waals surface area contributed by atoms with Crippen LogP contribution in [0.3, 0.4) is 0 Å². The number of urea groups is 1. The van der Waals surface area contributed by atoms with Gasteiger partial charge in [0.25, 0.3) is 0 Å². The monoisotopic (exact) mass is 452 g/mol. The van der Waals surface area contributed by atoms with Crippen LogP contribution >= 0.6 is 0 Å². The fraction of sp³-hybridized carbons (Fsp3) is 0.560. The summed E-state index contributed by atoms with van der Waals surface area (Å²) in [6.07, 6.45) is 5.22. The molecule has 0 saturated carbocycles. The van der Waals surface area contributed by atoms with E-state index in [4.69, 9.17) is 14.7 Å². The maximum absolute atomic E-state index is 12.1. The lowest BCUT2D eigenvalue weighted by atomic mass is 10.0. The number of nitrogens with zero attached hydrogens (tertiary/aromatic N) is 3. The Morgan fingerprint density at radius 3 is 2.85 bits per heavy atom. The molecule has 2 amide bonds. The lowest BCUT2D eigenvalue weighted by molar-refractivity contribution is 0.0924. The molecule has 1 aromatic heterocycles. The normalized spacial score (nSPS) is 18.0. The number of rotatable bonds is 8. The van der Waals surface area contributed by atoms with Gasteiger partial charge in [0.15, 0.2) is 5.82 Å². The molecule has 1 unspecified atom stereocenters. The SMILES string of the molecule is CCCCCNC(=O)Nc1ccc(-c2nc3c(c(N4CCOCC4CC)n2)CCNC3)cc1. The van der Waals surface area contributed by atoms with Crippen molar-refractivity contribution in [3.8, 4) is 11.4 Å². The van der Waals surface area contributed by atoms with Crippen LogP contribution in [0.15, 0.2) is 24.3 Å². The molecule has 178 valence electrons. The molecule has 0 spiro atoms. The van der Waals surface area contributed by atoms with E-state index in [1.54, 1.807) is 0 Å². The van der Waals surface area contributed by atoms with Crippen LogP contribution in [0.1, 0.15) is 50.8 Å². The van der Waals surface area contributed by atoms with Crippen molar-refractivity contribution in [2.75, 3.05) is 43.1 Å². The zero-order valence-electron chi connectivity index (χ0n) is 19.8. The Kier molecular flexibility index (Phi) is 8.12. The zero-order chi connectivity index (χ0) is 23.0. The van der Waals surface area contributed by atoms with Gasteiger partial charge in [-0.3, -0.25) is 0 Å². The van der Waals surface area contributed by atoms with Gasteiger partial charge in [-0.1, -0.05) is 26.7 Å². The molecule has 8 nitrogen and oxygen atoms in total. The van der Waals surface area contributed by atoms with Crippen molar-refractivity contribution >= 4 is 17.5 Å². The van der Waals surface area contributed by atoms with Crippen molar-refractivity contribution in [2.24, 2.45) is 0 Å². The van der Waals surface area contributed by atoms with Crippen molar-refractivity contribution < 1.29 is 9.53 Å². The number of hydrogen-bond donors (Lipinski definition) is 3. The van der Waals surface area contributed by atoms with E-state index in [9.17, 15) is 4.79 Å². The number of carbonyl (C=O) groups is 1. The van der Waals surface area contributed by atoms with Crippen LogP contribution in [0.4, 0.5) is 16.3 Å². The van der Waals surface area contributed by atoms with Gasteiger partial charge in [-0.25, -0.2) is 14.8 Å². The second kappa shape index (κ2) is 11.4. The van der Waals surface area contributed by atoms with Gasteiger partial charge in [0.05, 0.1) is 24.9 Å². The number of hydrogen-bond acceptors (Lipinski definition) is 6. The molecule has 1 fully saturated rings. The van der Waals surface area contributed by atoms with E-state index in [1.165, 1.54) is 5.56 Å². The number of aromatic nitrogens is 2. The summed E-state index contributed by atoms with van der Waals surface area (Å²) in [6.45, 7) is 9.07. The molecule has 1 atom stereocenters. The van der Waals surface area contributed by atoms with Gasteiger partial charge in [-0.2, -0.15) is 0 Å². The van der Waals surface area contributed by atoms with E-state index in [2.05, 4.69) is 34.7 Å². The van der Waals surface area contributed by atoms with Crippen LogP contribution in [-0.2, 0) is 17.7 Å². The van der Waals surface area contributed by atoms with Gasteiger partial charge in [0.1, 0.15) is 5.82 Å². The molecule has 0 aliphatic carbocycles. The first-order valence-corrected chi connectivity index (χ1v) is 12.3. The second-order valence-electron chi connectivity index (χ2n) is 8.72. The molecule has 0 bridgehead atoms. The number of carbonyl (C=O) groups excluding carboxylic acids is 1. The third-order valence-corrected chi connectivity index (χ3v) is 6.35. The Bertz CT molecular complexity index is 933. The summed E-state index contributed by atoms with van der Waals surface area (Å²) in [4.78, 5) is 24.5. The van der Waals surface area contributed by atoms with Crippen LogP contribution in [-0.4, -0.2) is 54.9 Å². The number of amides is 2. The number of morpholine rings is 1. The van der Waals surface area contributed by atoms with Crippen LogP contribution < -0.4 is 20.9 Å². The Morgan fingerprint density at radius 1 is 1.21 bits per heavy atom. The Balaban J connectivity index is 1.53. The first-order chi connectivity index (χ1) is 16.2. The highest BCUT2D eigenvalue weighted by atomic mass is 16.5. The number of unbranched alkanes of at least 4 members (excludes halogenated alkanes) is 2. The van der Waals surface area contributed by atoms with Gasteiger partial charge >= 0.3 is 6.03 Å². The number of ether oxygens (including phenoxy) is 1. The number of fused-ring (bicyclic) bond motifs is 1. The smallest absolute Gasteiger partial charge is 0.319 e. The fourth-order valence-corrected chi connectivity index (χ4v) is 4.43. The van der Waals surface area contributed by atoms with Crippen LogP contribution in [0, 0.1) is 0 Å². The van der Waals surface area contributed by atoms with E-state index in [1.807, 2.05) is 24.3 Å². The van der Waals surface area contributed by atoms with Gasteiger partial charge in [-0.15, -0.1) is 0 Å². The highest BCUT2D eigenvalue weighted by Gasteiger charge is 2.28. The average molecular weight is 453 g/mol. The summed E-state index contributed by atoms with van der Waals surface area (Å²) in [6, 6.07) is 7.94. The summed E-state index contributed by atoms with van der Waals surface area (Å²) in [5.41, 5.74) is 4.04. The van der Waals surface area contributed by atoms with E-state index in [0.717, 1.165) is 93.5 Å². The average Bonchev–Trinajstić information content (AvgIpc) is 2.86. The molecule has 3 N–H and O–H groups in total. The molecule has 0 radical (unpaired) electrons. The highest BCUT2D eigenvalue weighted by Crippen LogP contribution is 2.30. The number of benzene rings is 1. The fourth-order valence-electron chi connectivity index (χ4n) is 4.43. The van der Waals surface area contributed by atoms with E-state index in [-0.39, 0.29) is 6.03 Å². The maximum atomic E-state index is 12.1. The molecule has 8 heteroatoms. The second-order valence-corrected chi connectivity index (χ2v) is 8.72. The molecule has 3 heterocycles. The minimum Gasteiger partial charge on any atom is -0.377 e. The lowest BCUT2D eigenvalue weighted by Crippen LogP contribution is -2.46. The Hall–Kier alpha value is -2.71. The first kappa shape index (κ1) is 23.4. The van der Waals surface area contributed by atoms with Crippen molar-refractivity contribution in [3.05, 3.63) is 35.5 Å². The molecule has 2 aliphatic rings. The minimum atomic E-state index is -0.171. The largest absolute Gasteiger partial charge is 0.377 e. The standard InChI is InChI=1S/C25H36N6O2/c1-3-5-6-12-27-25(32)28-19-9-7-18(8-10-19)23-29-22-16-26-13-11-21(22)24(30-23)31-14-15-33-17-20(31)4-2/h7-10,20,26H,3-6,11-17H2,1-2H3,(H2,27,28,32). The van der Waals surface area contributed by atoms with Crippen LogP contribution in [0.25, 0.3) is 11.4 Å². The predicted octanol–water partition coefficient (Wildman–Crippen LogP) is 3.72. The van der Waals surface area contributed by atoms with Gasteiger partial charge in [0, 0.05) is 36.4 Å². The topological polar surface area (TPSA) is 91.4 Å². The third-order valence-electron chi connectivity index (χ3n) is 6.35. The summed E-state index contributed by atoms with van der Waals surface area (Å²) in [7, 11) is 0. The van der Waals surface area contributed by atoms with Crippen LogP contribution in [0.2, 0.25) is 0 Å². The zero-order valence-corrected chi connectivity index (χ0v) is 19.8. The van der Waals surface area contributed by atoms with Gasteiger partial charge in [0.2, 0.25) is 0 Å². The summed E-state index contributed by atoms with van der Waals surface area (Å²) < 4.78 is 5.73. The number of anilines is 2. The van der Waals surface area contributed by atoms with E-state index < -0.39 is 0 Å². The van der Waals surface area contributed by atoms with Crippen molar-refractivity contribution in [1.82, 2.24) is 20.6 Å². The van der Waals surface area contributed by atoms with Gasteiger partial charge in [-0.05, 0) is 50.1 Å². The van der Waals surface area contributed by atoms with Crippen molar-refractivity contribution in [1.29, 1.82) is 0 Å². The Labute approximate surface area is 196 Å². The van der Waals surface area contributed by atoms with Gasteiger partial charge < -0.3 is 25.6 Å². The quantitative estimate of drug-likeness (QED) is 0.529. The molecule has 1 aromatic carbocycles. The molecular formula is C25H36N6O2. The third kappa shape index (κ3) is 5.81. The minimum absolute atomic E-state index is 0.171. The summed E-state index contributed by atoms with van der Waals surface area (Å²) in [5.74, 6) is 1.78. The number of nitrogens with one attached hydrogen (secondary N) is 3. The molecule has 2 aromatic rings. The highest BCUT2D eigenvalue weighted by molar-refractivity contribution is 5.89. The molecule has 33 heavy (non-hydrogen) atoms. The van der Waals surface area contributed by atoms with Crippen LogP contribution in [0.5, 0.6) is 0 Å². The Morgan fingerprint density at radius 2 is 2.06 bits per heavy atom.